The summed E-state index contributed by atoms with van der Waals surface area (Å²) in [5.74, 6) is 0.0731. The number of unbranched alkanes of at least 4 members (excludes halogenated alkanes) is 5. The van der Waals surface area contributed by atoms with Gasteiger partial charge in [-0.1, -0.05) is 67.2 Å². The Morgan fingerprint density at radius 3 is 1.31 bits per heavy atom. The van der Waals surface area contributed by atoms with Gasteiger partial charge in [-0.2, -0.15) is 0 Å². The second-order valence-corrected chi connectivity index (χ2v) is 12.6. The maximum atomic E-state index is 12.3. The summed E-state index contributed by atoms with van der Waals surface area (Å²) in [6, 6.07) is 0. The minimum Gasteiger partial charge on any atom is -0.372 e. The zero-order valence-electron chi connectivity index (χ0n) is 24.1. The first-order chi connectivity index (χ1) is 16.5. The summed E-state index contributed by atoms with van der Waals surface area (Å²) in [5.41, 5.74) is -3.14. The molecule has 0 amide bonds. The lowest BCUT2D eigenvalue weighted by molar-refractivity contribution is -0.330. The Bertz CT molecular complexity index is 686. The van der Waals surface area contributed by atoms with E-state index >= 15 is 0 Å². The molecule has 8 nitrogen and oxygen atoms in total. The minimum absolute atomic E-state index is 0.297. The van der Waals surface area contributed by atoms with Crippen LogP contribution in [0.15, 0.2) is 0 Å². The first-order valence-electron chi connectivity index (χ1n) is 14.0. The number of hydrogen-bond acceptors (Lipinski definition) is 8. The van der Waals surface area contributed by atoms with E-state index in [-0.39, 0.29) is 22.8 Å². The van der Waals surface area contributed by atoms with Crippen LogP contribution in [0.2, 0.25) is 0 Å². The van der Waals surface area contributed by atoms with E-state index in [0.717, 1.165) is 51.4 Å². The Morgan fingerprint density at radius 2 is 0.972 bits per heavy atom. The Labute approximate surface area is 218 Å². The predicted molar refractivity (Wildman–Crippen MR) is 139 cm³/mol. The van der Waals surface area contributed by atoms with Crippen LogP contribution >= 0.6 is 0 Å². The van der Waals surface area contributed by atoms with Crippen LogP contribution in [0.1, 0.15) is 120 Å². The summed E-state index contributed by atoms with van der Waals surface area (Å²) in [5, 5.41) is 24.8. The highest BCUT2D eigenvalue weighted by Crippen LogP contribution is 2.46. The van der Waals surface area contributed by atoms with E-state index in [1.165, 1.54) is 10.1 Å². The number of carbonyl (C=O) groups excluding carboxylic acids is 2. The number of nitrogens with zero attached hydrogens (tertiary/aromatic N) is 2. The molecule has 2 rings (SSSR count). The van der Waals surface area contributed by atoms with Crippen molar-refractivity contribution in [2.75, 3.05) is 13.1 Å². The van der Waals surface area contributed by atoms with Crippen LogP contribution in [0.25, 0.3) is 0 Å². The molecule has 8 heteroatoms. The summed E-state index contributed by atoms with van der Waals surface area (Å²) in [6.45, 7) is 16.8. The van der Waals surface area contributed by atoms with Crippen LogP contribution in [-0.2, 0) is 19.3 Å². The van der Waals surface area contributed by atoms with Gasteiger partial charge in [-0.25, -0.2) is 0 Å². The van der Waals surface area contributed by atoms with Crippen molar-refractivity contribution in [3.8, 4) is 0 Å². The first-order valence-corrected chi connectivity index (χ1v) is 14.0. The fraction of sp³-hybridized carbons (Fsp3) is 0.929. The Hall–Kier alpha value is -1.22. The van der Waals surface area contributed by atoms with Crippen molar-refractivity contribution in [2.45, 2.75) is 131 Å². The van der Waals surface area contributed by atoms with Crippen molar-refractivity contribution >= 4 is 11.9 Å². The predicted octanol–water partition coefficient (Wildman–Crippen LogP) is 5.18. The van der Waals surface area contributed by atoms with Crippen LogP contribution in [0.3, 0.4) is 0 Å². The molecule has 4 unspecified atom stereocenters. The Kier molecular flexibility index (Phi) is 10.4. The van der Waals surface area contributed by atoms with Gasteiger partial charge in [-0.05, 0) is 51.4 Å². The highest BCUT2D eigenvalue weighted by atomic mass is 16.7. The van der Waals surface area contributed by atoms with Crippen molar-refractivity contribution < 1.29 is 29.5 Å². The largest absolute Gasteiger partial charge is 0.372 e. The Balaban J connectivity index is 1.57. The number of aliphatic hydroxyl groups is 2. The van der Waals surface area contributed by atoms with Gasteiger partial charge >= 0.3 is 11.9 Å². The van der Waals surface area contributed by atoms with E-state index < -0.39 is 11.4 Å². The number of carbonyl (C=O) groups is 2. The van der Waals surface area contributed by atoms with Gasteiger partial charge in [0.25, 0.3) is 0 Å². The molecule has 0 aromatic heterocycles. The highest BCUT2D eigenvalue weighted by molar-refractivity contribution is 5.69. The standard InChI is InChI=1S/C28H52N2O6/c1-21-17-19-29(27(7,33)25(21,3)4)35-23(31)15-13-11-9-10-12-14-16-24(32)36-30-20-18-22(2)26(5,6)28(30,8)34/h21-22,33-34H,9-20H2,1-8H3. The molecule has 0 bridgehead atoms. The summed E-state index contributed by atoms with van der Waals surface area (Å²) >= 11 is 0. The molecule has 2 aliphatic heterocycles. The molecule has 36 heavy (non-hydrogen) atoms. The molecule has 0 aromatic rings. The lowest BCUT2D eigenvalue weighted by atomic mass is 9.68. The normalized spacial score (nSPS) is 32.7. The summed E-state index contributed by atoms with van der Waals surface area (Å²) in [7, 11) is 0. The highest BCUT2D eigenvalue weighted by Gasteiger charge is 2.53. The van der Waals surface area contributed by atoms with Gasteiger partial charge in [-0.15, -0.1) is 10.1 Å². The SMILES string of the molecule is CC1CCN(OC(=O)CCCCCCCCC(=O)ON2CCC(C)C(C)(C)C2(C)O)C(C)(O)C1(C)C. The van der Waals surface area contributed by atoms with E-state index in [2.05, 4.69) is 13.8 Å². The van der Waals surface area contributed by atoms with E-state index in [1.807, 2.05) is 27.7 Å². The molecular formula is C28H52N2O6. The number of piperidine rings is 2. The molecule has 0 saturated carbocycles. The van der Waals surface area contributed by atoms with Crippen LogP contribution in [0.4, 0.5) is 0 Å². The van der Waals surface area contributed by atoms with E-state index in [0.29, 0.717) is 37.8 Å². The molecule has 2 aliphatic rings. The average Bonchev–Trinajstić information content (AvgIpc) is 2.78. The second kappa shape index (κ2) is 12.1. The number of hydrogen-bond donors (Lipinski definition) is 2. The average molecular weight is 513 g/mol. The van der Waals surface area contributed by atoms with Gasteiger partial charge in [0, 0.05) is 36.8 Å². The Morgan fingerprint density at radius 1 is 0.667 bits per heavy atom. The molecule has 2 heterocycles. The zero-order valence-corrected chi connectivity index (χ0v) is 24.1. The van der Waals surface area contributed by atoms with E-state index in [9.17, 15) is 19.8 Å². The third kappa shape index (κ3) is 6.80. The minimum atomic E-state index is -1.19. The maximum Gasteiger partial charge on any atom is 0.325 e. The molecule has 0 spiro atoms. The lowest BCUT2D eigenvalue weighted by Gasteiger charge is -2.52. The van der Waals surface area contributed by atoms with Crippen molar-refractivity contribution in [3.63, 3.8) is 0 Å². The van der Waals surface area contributed by atoms with Gasteiger partial charge in [0.15, 0.2) is 11.4 Å². The van der Waals surface area contributed by atoms with E-state index in [1.54, 1.807) is 13.8 Å². The quantitative estimate of drug-likeness (QED) is 0.366. The molecule has 4 atom stereocenters. The van der Waals surface area contributed by atoms with Crippen LogP contribution in [-0.4, -0.2) is 56.8 Å². The third-order valence-corrected chi connectivity index (χ3v) is 9.84. The van der Waals surface area contributed by atoms with Crippen LogP contribution in [0, 0.1) is 22.7 Å². The van der Waals surface area contributed by atoms with Gasteiger partial charge in [0.1, 0.15) is 0 Å². The van der Waals surface area contributed by atoms with Gasteiger partial charge in [0.2, 0.25) is 0 Å². The fourth-order valence-electron chi connectivity index (χ4n) is 5.21. The smallest absolute Gasteiger partial charge is 0.325 e. The van der Waals surface area contributed by atoms with Gasteiger partial charge in [-0.3, -0.25) is 9.59 Å². The van der Waals surface area contributed by atoms with Crippen molar-refractivity contribution in [2.24, 2.45) is 22.7 Å². The summed E-state index contributed by atoms with van der Waals surface area (Å²) < 4.78 is 0. The molecular weight excluding hydrogens is 460 g/mol. The third-order valence-electron chi connectivity index (χ3n) is 9.84. The number of rotatable bonds is 11. The van der Waals surface area contributed by atoms with Crippen molar-refractivity contribution in [1.29, 1.82) is 0 Å². The summed E-state index contributed by atoms with van der Waals surface area (Å²) in [4.78, 5) is 35.7. The zero-order chi connectivity index (χ0) is 27.4. The molecule has 0 aromatic carbocycles. The first kappa shape index (κ1) is 31.0. The second-order valence-electron chi connectivity index (χ2n) is 12.6. The van der Waals surface area contributed by atoms with Crippen molar-refractivity contribution in [1.82, 2.24) is 10.1 Å². The molecule has 2 N–H and O–H groups in total. The van der Waals surface area contributed by atoms with Crippen molar-refractivity contribution in [3.05, 3.63) is 0 Å². The van der Waals surface area contributed by atoms with E-state index in [4.69, 9.17) is 9.68 Å². The maximum absolute atomic E-state index is 12.3. The van der Waals surface area contributed by atoms with Gasteiger partial charge in [0.05, 0.1) is 0 Å². The molecule has 210 valence electrons. The monoisotopic (exact) mass is 512 g/mol. The molecule has 0 radical (unpaired) electrons. The van der Waals surface area contributed by atoms with Gasteiger partial charge < -0.3 is 19.9 Å². The topological polar surface area (TPSA) is 99.5 Å². The molecule has 2 saturated heterocycles. The number of hydroxylamine groups is 4. The summed E-state index contributed by atoms with van der Waals surface area (Å²) in [6.07, 6.45) is 7.72. The van der Waals surface area contributed by atoms with Crippen LogP contribution in [0.5, 0.6) is 0 Å². The molecule has 2 fully saturated rings. The van der Waals surface area contributed by atoms with Crippen LogP contribution < -0.4 is 0 Å². The fourth-order valence-corrected chi connectivity index (χ4v) is 5.21. The lowest BCUT2D eigenvalue weighted by Crippen LogP contribution is -2.62. The molecule has 0 aliphatic carbocycles.